The minimum Gasteiger partial charge on any atom is -0.471 e. The van der Waals surface area contributed by atoms with Crippen molar-refractivity contribution >= 4 is 28.4 Å². The van der Waals surface area contributed by atoms with Crippen molar-refractivity contribution < 1.29 is 22.4 Å². The standard InChI is InChI=1S/C8H8BBrF3O2/c1-14-5-15-8-4-6(10)2-3-7(8)9(11,12)13/h2-4H,5H2,1H3/q-1. The normalized spacial score (nSPS) is 11.5. The molecule has 0 saturated carbocycles. The molecule has 0 fully saturated rings. The molecule has 0 amide bonds. The summed E-state index contributed by atoms with van der Waals surface area (Å²) >= 11 is 3.07. The summed E-state index contributed by atoms with van der Waals surface area (Å²) in [4.78, 5) is 0. The first-order valence-electron chi connectivity index (χ1n) is 4.06. The molecule has 0 aliphatic heterocycles. The summed E-state index contributed by atoms with van der Waals surface area (Å²) in [5.41, 5.74) is -0.754. The van der Waals surface area contributed by atoms with Crippen molar-refractivity contribution in [3.63, 3.8) is 0 Å². The molecule has 0 atom stereocenters. The Morgan fingerprint density at radius 2 is 2.00 bits per heavy atom. The highest BCUT2D eigenvalue weighted by atomic mass is 79.9. The summed E-state index contributed by atoms with van der Waals surface area (Å²) in [6, 6.07) is 3.57. The van der Waals surface area contributed by atoms with Gasteiger partial charge in [0.05, 0.1) is 5.75 Å². The molecule has 0 saturated heterocycles. The van der Waals surface area contributed by atoms with E-state index in [2.05, 4.69) is 20.7 Å². The van der Waals surface area contributed by atoms with Crippen molar-refractivity contribution in [3.8, 4) is 5.75 Å². The van der Waals surface area contributed by atoms with Crippen molar-refractivity contribution in [2.75, 3.05) is 13.9 Å². The van der Waals surface area contributed by atoms with Crippen LogP contribution in [0.4, 0.5) is 12.9 Å². The summed E-state index contributed by atoms with van der Waals surface area (Å²) in [5.74, 6) is -0.223. The molecule has 0 bridgehead atoms. The van der Waals surface area contributed by atoms with Crippen LogP contribution < -0.4 is 10.2 Å². The van der Waals surface area contributed by atoms with Crippen molar-refractivity contribution in [2.45, 2.75) is 0 Å². The monoisotopic (exact) mass is 283 g/mol. The molecule has 1 aromatic carbocycles. The molecular formula is C8H8BBrF3O2-. The molecule has 0 radical (unpaired) electrons. The minimum atomic E-state index is -5.07. The van der Waals surface area contributed by atoms with Gasteiger partial charge in [0.1, 0.15) is 0 Å². The van der Waals surface area contributed by atoms with Gasteiger partial charge in [-0.3, -0.25) is 0 Å². The second-order valence-corrected chi connectivity index (χ2v) is 3.72. The van der Waals surface area contributed by atoms with E-state index in [0.717, 1.165) is 6.07 Å². The van der Waals surface area contributed by atoms with Crippen LogP contribution in [-0.4, -0.2) is 20.9 Å². The van der Waals surface area contributed by atoms with E-state index in [-0.39, 0.29) is 12.5 Å². The number of halogens is 4. The van der Waals surface area contributed by atoms with Gasteiger partial charge in [-0.25, -0.2) is 0 Å². The largest absolute Gasteiger partial charge is 0.513 e. The van der Waals surface area contributed by atoms with Gasteiger partial charge in [0.2, 0.25) is 0 Å². The van der Waals surface area contributed by atoms with Crippen LogP contribution in [0.5, 0.6) is 5.75 Å². The van der Waals surface area contributed by atoms with Gasteiger partial charge < -0.3 is 22.4 Å². The van der Waals surface area contributed by atoms with Crippen molar-refractivity contribution in [3.05, 3.63) is 22.7 Å². The third kappa shape index (κ3) is 3.42. The van der Waals surface area contributed by atoms with Crippen molar-refractivity contribution in [2.24, 2.45) is 0 Å². The molecule has 0 aliphatic carbocycles. The van der Waals surface area contributed by atoms with Gasteiger partial charge in [0.15, 0.2) is 6.79 Å². The van der Waals surface area contributed by atoms with Crippen LogP contribution in [0.3, 0.4) is 0 Å². The highest BCUT2D eigenvalue weighted by Gasteiger charge is 2.29. The zero-order valence-electron chi connectivity index (χ0n) is 7.84. The number of ether oxygens (including phenoxy) is 2. The predicted molar refractivity (Wildman–Crippen MR) is 55.4 cm³/mol. The Bertz CT molecular complexity index is 343. The summed E-state index contributed by atoms with van der Waals surface area (Å²) in [7, 11) is 1.34. The van der Waals surface area contributed by atoms with Crippen LogP contribution in [0.2, 0.25) is 0 Å². The molecule has 15 heavy (non-hydrogen) atoms. The Kier molecular flexibility index (Phi) is 4.04. The number of hydrogen-bond donors (Lipinski definition) is 0. The molecule has 1 rings (SSSR count). The molecule has 0 unspecified atom stereocenters. The molecule has 0 spiro atoms. The maximum absolute atomic E-state index is 12.5. The first kappa shape index (κ1) is 12.4. The Labute approximate surface area is 93.6 Å². The lowest BCUT2D eigenvalue weighted by atomic mass is 9.79. The Balaban J connectivity index is 3.03. The van der Waals surface area contributed by atoms with E-state index in [9.17, 15) is 12.9 Å². The van der Waals surface area contributed by atoms with E-state index in [1.54, 1.807) is 0 Å². The van der Waals surface area contributed by atoms with Crippen LogP contribution in [-0.2, 0) is 4.74 Å². The van der Waals surface area contributed by atoms with E-state index in [1.807, 2.05) is 0 Å². The van der Waals surface area contributed by atoms with E-state index in [1.165, 1.54) is 19.2 Å². The fourth-order valence-electron chi connectivity index (χ4n) is 1.03. The van der Waals surface area contributed by atoms with Crippen LogP contribution >= 0.6 is 15.9 Å². The SMILES string of the molecule is COCOc1cc(Br)ccc1[B-](F)(F)F. The zero-order chi connectivity index (χ0) is 11.5. The van der Waals surface area contributed by atoms with Gasteiger partial charge in [0, 0.05) is 11.6 Å². The van der Waals surface area contributed by atoms with Crippen molar-refractivity contribution in [1.82, 2.24) is 0 Å². The molecule has 0 aliphatic rings. The Morgan fingerprint density at radius 3 is 2.53 bits per heavy atom. The van der Waals surface area contributed by atoms with E-state index < -0.39 is 12.4 Å². The highest BCUT2D eigenvalue weighted by molar-refractivity contribution is 9.10. The lowest BCUT2D eigenvalue weighted by Crippen LogP contribution is -2.35. The third-order valence-electron chi connectivity index (χ3n) is 1.66. The molecule has 7 heteroatoms. The number of hydrogen-bond acceptors (Lipinski definition) is 2. The van der Waals surface area contributed by atoms with Gasteiger partial charge >= 0.3 is 6.98 Å². The Hall–Kier alpha value is -0.685. The molecule has 0 heterocycles. The van der Waals surface area contributed by atoms with Crippen LogP contribution in [0.15, 0.2) is 22.7 Å². The second-order valence-electron chi connectivity index (χ2n) is 2.81. The maximum atomic E-state index is 12.5. The van der Waals surface area contributed by atoms with Crippen LogP contribution in [0.1, 0.15) is 0 Å². The molecular weight excluding hydrogens is 276 g/mol. The average molecular weight is 284 g/mol. The number of rotatable bonds is 4. The third-order valence-corrected chi connectivity index (χ3v) is 2.15. The van der Waals surface area contributed by atoms with Crippen LogP contribution in [0.25, 0.3) is 0 Å². The van der Waals surface area contributed by atoms with E-state index in [4.69, 9.17) is 4.74 Å². The van der Waals surface area contributed by atoms with Gasteiger partial charge in [-0.05, 0) is 6.07 Å². The summed E-state index contributed by atoms with van der Waals surface area (Å²) in [6.45, 7) is -5.28. The quantitative estimate of drug-likeness (QED) is 0.624. The van der Waals surface area contributed by atoms with Gasteiger partial charge in [0.25, 0.3) is 0 Å². The molecule has 0 aromatic heterocycles. The average Bonchev–Trinajstić information content (AvgIpc) is 2.12. The molecule has 0 N–H and O–H groups in total. The smallest absolute Gasteiger partial charge is 0.471 e. The topological polar surface area (TPSA) is 18.5 Å². The summed E-state index contributed by atoms with van der Waals surface area (Å²) < 4.78 is 47.5. The van der Waals surface area contributed by atoms with Gasteiger partial charge in [-0.15, -0.1) is 0 Å². The molecule has 2 nitrogen and oxygen atoms in total. The van der Waals surface area contributed by atoms with Gasteiger partial charge in [-0.2, -0.15) is 0 Å². The highest BCUT2D eigenvalue weighted by Crippen LogP contribution is 2.22. The van der Waals surface area contributed by atoms with Crippen molar-refractivity contribution in [1.29, 1.82) is 0 Å². The lowest BCUT2D eigenvalue weighted by molar-refractivity contribution is 0.0516. The first-order chi connectivity index (χ1) is 6.95. The number of benzene rings is 1. The first-order valence-corrected chi connectivity index (χ1v) is 4.85. The second kappa shape index (κ2) is 4.89. The summed E-state index contributed by atoms with van der Waals surface area (Å²) in [5, 5.41) is 0. The van der Waals surface area contributed by atoms with E-state index >= 15 is 0 Å². The fourth-order valence-corrected chi connectivity index (χ4v) is 1.37. The fraction of sp³-hybridized carbons (Fsp3) is 0.250. The lowest BCUT2D eigenvalue weighted by Gasteiger charge is -2.19. The molecule has 84 valence electrons. The summed E-state index contributed by atoms with van der Waals surface area (Å²) in [6.07, 6.45) is 0. The minimum absolute atomic E-state index is 0.213. The Morgan fingerprint density at radius 1 is 1.33 bits per heavy atom. The van der Waals surface area contributed by atoms with Crippen LogP contribution in [0, 0.1) is 0 Å². The van der Waals surface area contributed by atoms with Gasteiger partial charge in [-0.1, -0.05) is 33.5 Å². The zero-order valence-corrected chi connectivity index (χ0v) is 9.43. The number of methoxy groups -OCH3 is 1. The molecule has 1 aromatic rings. The van der Waals surface area contributed by atoms with E-state index in [0.29, 0.717) is 4.47 Å². The maximum Gasteiger partial charge on any atom is 0.513 e. The predicted octanol–water partition coefficient (Wildman–Crippen LogP) is 2.49.